The molecule has 0 bridgehead atoms. The molecule has 0 saturated carbocycles. The van der Waals surface area contributed by atoms with Crippen molar-refractivity contribution in [1.82, 2.24) is 4.98 Å². The number of carbonyl (C=O) groups excluding carboxylic acids is 1. The predicted molar refractivity (Wildman–Crippen MR) is 228 cm³/mol. The average Bonchev–Trinajstić information content (AvgIpc) is 3.13. The van der Waals surface area contributed by atoms with E-state index in [2.05, 4.69) is 82.9 Å². The number of benzene rings is 4. The molecule has 0 aliphatic carbocycles. The number of pyridine rings is 1. The van der Waals surface area contributed by atoms with Crippen molar-refractivity contribution in [2.75, 3.05) is 0 Å². The van der Waals surface area contributed by atoms with Crippen molar-refractivity contribution in [2.24, 2.45) is 16.2 Å². The molecular weight excluding hydrogens is 896 g/mol. The van der Waals surface area contributed by atoms with Crippen molar-refractivity contribution < 1.29 is 43.2 Å². The Balaban J connectivity index is 0.000000464. The van der Waals surface area contributed by atoms with Crippen molar-refractivity contribution in [3.8, 4) is 33.5 Å². The molecule has 7 heteroatoms. The van der Waals surface area contributed by atoms with Gasteiger partial charge in [0.2, 0.25) is 0 Å². The first-order valence-electron chi connectivity index (χ1n) is 19.5. The van der Waals surface area contributed by atoms with Gasteiger partial charge in [0.05, 0.1) is 5.56 Å². The summed E-state index contributed by atoms with van der Waals surface area (Å²) in [5.41, 5.74) is 4.67. The SMILES string of the molecule is CC(C)(C)Cc1ccc(-c2ccc(-c3cc(-c4[c-]c5ccccc5c(C(C)(C)C)c4)ncc3C(F)(F)F)cc2)cc1.CCC(C)(C)C(=O)/C=C(\O)C(C)(C)CC.[Ir]. The van der Waals surface area contributed by atoms with Crippen LogP contribution >= 0.6 is 0 Å². The maximum Gasteiger partial charge on any atom is 0.418 e. The molecule has 57 heavy (non-hydrogen) atoms. The summed E-state index contributed by atoms with van der Waals surface area (Å²) in [6.07, 6.45) is 0.380. The zero-order chi connectivity index (χ0) is 41.9. The van der Waals surface area contributed by atoms with Gasteiger partial charge in [0.1, 0.15) is 5.76 Å². The first kappa shape index (κ1) is 47.3. The number of fused-ring (bicyclic) bond motifs is 1. The van der Waals surface area contributed by atoms with Gasteiger partial charge in [-0.1, -0.05) is 167 Å². The molecule has 1 heterocycles. The van der Waals surface area contributed by atoms with Crippen molar-refractivity contribution >= 4 is 16.6 Å². The zero-order valence-electron chi connectivity index (χ0n) is 35.6. The van der Waals surface area contributed by atoms with Crippen LogP contribution in [0.2, 0.25) is 0 Å². The molecule has 1 radical (unpaired) electrons. The van der Waals surface area contributed by atoms with Crippen LogP contribution in [0, 0.1) is 22.3 Å². The smallest absolute Gasteiger partial charge is 0.418 e. The molecule has 307 valence electrons. The van der Waals surface area contributed by atoms with Crippen molar-refractivity contribution in [3.63, 3.8) is 0 Å². The van der Waals surface area contributed by atoms with Gasteiger partial charge in [-0.15, -0.1) is 29.1 Å². The summed E-state index contributed by atoms with van der Waals surface area (Å²) in [5.74, 6) is 0.195. The van der Waals surface area contributed by atoms with Crippen LogP contribution in [-0.4, -0.2) is 15.9 Å². The number of carbonyl (C=O) groups is 1. The van der Waals surface area contributed by atoms with Gasteiger partial charge >= 0.3 is 6.18 Å². The molecule has 4 aromatic carbocycles. The zero-order valence-corrected chi connectivity index (χ0v) is 38.0. The van der Waals surface area contributed by atoms with Crippen molar-refractivity contribution in [3.05, 3.63) is 126 Å². The van der Waals surface area contributed by atoms with E-state index < -0.39 is 11.7 Å². The fraction of sp³-hybridized carbons (Fsp3) is 0.400. The number of allylic oxidation sites excluding steroid dienone is 2. The van der Waals surface area contributed by atoms with Crippen LogP contribution in [-0.2, 0) is 42.9 Å². The molecule has 0 atom stereocenters. The quantitative estimate of drug-likeness (QED) is 0.0910. The van der Waals surface area contributed by atoms with E-state index in [0.717, 1.165) is 52.9 Å². The summed E-state index contributed by atoms with van der Waals surface area (Å²) in [6.45, 7) is 24.7. The van der Waals surface area contributed by atoms with Gasteiger partial charge in [0.25, 0.3) is 0 Å². The molecule has 0 fully saturated rings. The van der Waals surface area contributed by atoms with E-state index in [1.165, 1.54) is 11.6 Å². The molecular formula is C50H59F3IrNO2-. The van der Waals surface area contributed by atoms with Crippen molar-refractivity contribution in [2.45, 2.75) is 114 Å². The maximum atomic E-state index is 14.1. The maximum absolute atomic E-state index is 14.1. The van der Waals surface area contributed by atoms with Crippen LogP contribution in [0.4, 0.5) is 13.2 Å². The van der Waals surface area contributed by atoms with Crippen LogP contribution in [0.3, 0.4) is 0 Å². The van der Waals surface area contributed by atoms with Gasteiger partial charge in [-0.05, 0) is 57.9 Å². The normalized spacial score (nSPS) is 12.8. The molecule has 0 saturated heterocycles. The molecule has 1 aromatic heterocycles. The summed E-state index contributed by atoms with van der Waals surface area (Å²) >= 11 is 0. The molecule has 1 N–H and O–H groups in total. The largest absolute Gasteiger partial charge is 0.512 e. The summed E-state index contributed by atoms with van der Waals surface area (Å²) in [5, 5.41) is 11.8. The van der Waals surface area contributed by atoms with Gasteiger partial charge in [-0.2, -0.15) is 13.2 Å². The van der Waals surface area contributed by atoms with Gasteiger partial charge in [0.15, 0.2) is 5.78 Å². The Morgan fingerprint density at radius 2 is 1.25 bits per heavy atom. The van der Waals surface area contributed by atoms with Gasteiger partial charge < -0.3 is 5.11 Å². The Labute approximate surface area is 352 Å². The van der Waals surface area contributed by atoms with Crippen LogP contribution in [0.25, 0.3) is 44.3 Å². The fourth-order valence-corrected chi connectivity index (χ4v) is 6.20. The second kappa shape index (κ2) is 18.2. The third-order valence-corrected chi connectivity index (χ3v) is 10.7. The van der Waals surface area contributed by atoms with E-state index >= 15 is 0 Å². The van der Waals surface area contributed by atoms with E-state index in [1.54, 1.807) is 18.2 Å². The van der Waals surface area contributed by atoms with Crippen LogP contribution in [0.5, 0.6) is 0 Å². The van der Waals surface area contributed by atoms with Crippen LogP contribution in [0.15, 0.2) is 103 Å². The second-order valence-electron chi connectivity index (χ2n) is 18.4. The fourth-order valence-electron chi connectivity index (χ4n) is 6.20. The van der Waals surface area contributed by atoms with E-state index in [-0.39, 0.29) is 58.9 Å². The summed E-state index contributed by atoms with van der Waals surface area (Å²) < 4.78 is 42.4. The second-order valence-corrected chi connectivity index (χ2v) is 18.4. The Morgan fingerprint density at radius 3 is 1.75 bits per heavy atom. The minimum atomic E-state index is -4.54. The van der Waals surface area contributed by atoms with E-state index in [0.29, 0.717) is 16.8 Å². The Hall–Kier alpha value is -4.06. The number of aliphatic hydroxyl groups is 1. The number of nitrogens with zero attached hydrogens (tertiary/aromatic N) is 1. The monoisotopic (exact) mass is 955 g/mol. The molecule has 0 amide bonds. The minimum absolute atomic E-state index is 0. The summed E-state index contributed by atoms with van der Waals surface area (Å²) in [7, 11) is 0. The number of aromatic nitrogens is 1. The first-order valence-corrected chi connectivity index (χ1v) is 19.5. The standard InChI is InChI=1S/C37H35F3N.C13H24O2.Ir/c1-35(2,3)22-24-11-13-25(14-12-24)26-15-17-27(18-16-26)31-21-34(41-23-33(31)37(38,39)40)29-19-28-9-7-8-10-30(28)32(20-29)36(4,5)6;1-7-12(3,4)10(14)9-11(15)13(5,6)8-2;/h7-18,20-21,23H,22H2,1-6H3;9,14H,7-8H2,1-6H3;/q-1;;/b;10-9-;. The number of alkyl halides is 3. The molecule has 5 aromatic rings. The summed E-state index contributed by atoms with van der Waals surface area (Å²) in [4.78, 5) is 16.1. The Morgan fingerprint density at radius 1 is 0.719 bits per heavy atom. The van der Waals surface area contributed by atoms with Gasteiger partial charge in [-0.25, -0.2) is 0 Å². The van der Waals surface area contributed by atoms with Gasteiger partial charge in [0, 0.05) is 48.9 Å². The molecule has 5 rings (SSSR count). The first-order chi connectivity index (χ1) is 25.9. The number of ketones is 1. The summed E-state index contributed by atoms with van der Waals surface area (Å²) in [6, 6.07) is 30.6. The molecule has 0 aliphatic rings. The molecule has 0 unspecified atom stereocenters. The predicted octanol–water partition coefficient (Wildman–Crippen LogP) is 14.8. The van der Waals surface area contributed by atoms with E-state index in [1.807, 2.05) is 77.9 Å². The number of rotatable bonds is 9. The van der Waals surface area contributed by atoms with Crippen LogP contribution in [0.1, 0.15) is 113 Å². The molecule has 0 aliphatic heterocycles. The molecule has 0 spiro atoms. The Bertz CT molecular complexity index is 2170. The Kier molecular flexibility index (Phi) is 15.1. The molecule has 3 nitrogen and oxygen atoms in total. The third-order valence-electron chi connectivity index (χ3n) is 10.7. The van der Waals surface area contributed by atoms with Gasteiger partial charge in [-0.3, -0.25) is 9.78 Å². The third kappa shape index (κ3) is 12.2. The number of hydrogen-bond acceptors (Lipinski definition) is 3. The minimum Gasteiger partial charge on any atom is -0.512 e. The topological polar surface area (TPSA) is 50.2 Å². The van der Waals surface area contributed by atoms with Crippen molar-refractivity contribution in [1.29, 1.82) is 0 Å². The van der Waals surface area contributed by atoms with Crippen LogP contribution < -0.4 is 0 Å². The average molecular weight is 955 g/mol. The van der Waals surface area contributed by atoms with E-state index in [4.69, 9.17) is 0 Å². The van der Waals surface area contributed by atoms with E-state index in [9.17, 15) is 23.1 Å². The number of hydrogen-bond donors (Lipinski definition) is 1. The number of aliphatic hydroxyl groups excluding tert-OH is 1. The number of halogens is 3.